The minimum Gasteiger partial charge on any atom is -0.497 e. The van der Waals surface area contributed by atoms with Gasteiger partial charge in [-0.3, -0.25) is 0 Å². The van der Waals surface area contributed by atoms with Crippen LogP contribution in [-0.4, -0.2) is 24.8 Å². The van der Waals surface area contributed by atoms with Gasteiger partial charge in [-0.2, -0.15) is 0 Å². The lowest BCUT2D eigenvalue weighted by Gasteiger charge is -2.13. The number of methoxy groups -OCH3 is 2. The van der Waals surface area contributed by atoms with Gasteiger partial charge in [0.15, 0.2) is 0 Å². The normalized spacial score (nSPS) is 10.2. The highest BCUT2D eigenvalue weighted by Crippen LogP contribution is 2.29. The number of hydrogen-bond donors (Lipinski definition) is 2. The molecule has 0 bridgehead atoms. The van der Waals surface area contributed by atoms with Crippen molar-refractivity contribution in [1.82, 2.24) is 4.57 Å². The summed E-state index contributed by atoms with van der Waals surface area (Å²) in [5.41, 5.74) is 2.24. The summed E-state index contributed by atoms with van der Waals surface area (Å²) in [5.74, 6) is 1.19. The smallest absolute Gasteiger partial charge is 0.323 e. The van der Waals surface area contributed by atoms with Crippen LogP contribution < -0.4 is 20.1 Å². The second kappa shape index (κ2) is 7.44. The zero-order valence-electron chi connectivity index (χ0n) is 14.0. The van der Waals surface area contributed by atoms with Gasteiger partial charge in [0, 0.05) is 29.8 Å². The molecule has 1 heterocycles. The maximum Gasteiger partial charge on any atom is 0.323 e. The van der Waals surface area contributed by atoms with Crippen LogP contribution >= 0.6 is 0 Å². The molecule has 0 aliphatic rings. The number of carbonyl (C=O) groups excluding carboxylic acids is 1. The average molecular weight is 337 g/mol. The Balaban J connectivity index is 1.68. The van der Waals surface area contributed by atoms with Crippen molar-refractivity contribution in [2.45, 2.75) is 0 Å². The van der Waals surface area contributed by atoms with Crippen LogP contribution in [-0.2, 0) is 0 Å². The molecule has 0 unspecified atom stereocenters. The largest absolute Gasteiger partial charge is 0.497 e. The molecule has 3 aromatic rings. The number of nitrogens with zero attached hydrogens (tertiary/aromatic N) is 1. The molecule has 0 aliphatic carbocycles. The standard InChI is InChI=1S/C19H19N3O3/c1-24-16-9-10-18(25-2)17(13-16)21-19(23)20-14-5-7-15(8-6-14)22-11-3-4-12-22/h3-13H,1-2H3,(H2,20,21,23). The van der Waals surface area contributed by atoms with Gasteiger partial charge in [-0.25, -0.2) is 4.79 Å². The SMILES string of the molecule is COc1ccc(OC)c(NC(=O)Nc2ccc(-n3cccc3)cc2)c1. The summed E-state index contributed by atoms with van der Waals surface area (Å²) in [6.45, 7) is 0. The Kier molecular flexibility index (Phi) is 4.89. The van der Waals surface area contributed by atoms with E-state index in [9.17, 15) is 4.79 Å². The summed E-state index contributed by atoms with van der Waals surface area (Å²) in [5, 5.41) is 5.56. The zero-order chi connectivity index (χ0) is 17.6. The van der Waals surface area contributed by atoms with Crippen molar-refractivity contribution in [3.8, 4) is 17.2 Å². The lowest BCUT2D eigenvalue weighted by Crippen LogP contribution is -2.19. The molecule has 6 heteroatoms. The van der Waals surface area contributed by atoms with E-state index in [0.29, 0.717) is 22.9 Å². The predicted molar refractivity (Wildman–Crippen MR) is 98.0 cm³/mol. The van der Waals surface area contributed by atoms with E-state index in [1.807, 2.05) is 53.4 Å². The molecule has 0 radical (unpaired) electrons. The van der Waals surface area contributed by atoms with E-state index < -0.39 is 0 Å². The minimum absolute atomic E-state index is 0.361. The van der Waals surface area contributed by atoms with Crippen LogP contribution in [0, 0.1) is 0 Å². The highest BCUT2D eigenvalue weighted by Gasteiger charge is 2.09. The lowest BCUT2D eigenvalue weighted by molar-refractivity contribution is 0.262. The van der Waals surface area contributed by atoms with Crippen LogP contribution in [0.1, 0.15) is 0 Å². The molecule has 2 amide bonds. The van der Waals surface area contributed by atoms with Crippen molar-refractivity contribution in [3.63, 3.8) is 0 Å². The second-order valence-corrected chi connectivity index (χ2v) is 5.28. The van der Waals surface area contributed by atoms with Gasteiger partial charge < -0.3 is 24.7 Å². The first kappa shape index (κ1) is 16.4. The van der Waals surface area contributed by atoms with Crippen molar-refractivity contribution < 1.29 is 14.3 Å². The number of carbonyl (C=O) groups is 1. The van der Waals surface area contributed by atoms with Crippen LogP contribution in [0.25, 0.3) is 5.69 Å². The molecule has 0 fully saturated rings. The van der Waals surface area contributed by atoms with Gasteiger partial charge in [0.05, 0.1) is 19.9 Å². The van der Waals surface area contributed by atoms with Crippen LogP contribution in [0.5, 0.6) is 11.5 Å². The van der Waals surface area contributed by atoms with Gasteiger partial charge in [-0.1, -0.05) is 0 Å². The molecule has 2 aromatic carbocycles. The van der Waals surface area contributed by atoms with Gasteiger partial charge in [-0.05, 0) is 48.5 Å². The van der Waals surface area contributed by atoms with Crippen LogP contribution in [0.15, 0.2) is 67.0 Å². The van der Waals surface area contributed by atoms with Gasteiger partial charge in [0.2, 0.25) is 0 Å². The van der Waals surface area contributed by atoms with E-state index in [0.717, 1.165) is 5.69 Å². The number of urea groups is 1. The van der Waals surface area contributed by atoms with E-state index >= 15 is 0 Å². The molecule has 0 saturated carbocycles. The van der Waals surface area contributed by atoms with Crippen molar-refractivity contribution in [1.29, 1.82) is 0 Å². The molecular formula is C19H19N3O3. The zero-order valence-corrected chi connectivity index (χ0v) is 14.0. The summed E-state index contributed by atoms with van der Waals surface area (Å²) in [6, 6.07) is 16.3. The number of anilines is 2. The van der Waals surface area contributed by atoms with Crippen molar-refractivity contribution in [2.24, 2.45) is 0 Å². The maximum absolute atomic E-state index is 12.2. The van der Waals surface area contributed by atoms with Crippen molar-refractivity contribution in [3.05, 3.63) is 67.0 Å². The molecule has 0 atom stereocenters. The summed E-state index contributed by atoms with van der Waals surface area (Å²) in [6.07, 6.45) is 3.93. The Hall–Kier alpha value is -3.41. The number of aromatic nitrogens is 1. The lowest BCUT2D eigenvalue weighted by atomic mass is 10.2. The van der Waals surface area contributed by atoms with E-state index in [1.165, 1.54) is 0 Å². The first-order valence-corrected chi connectivity index (χ1v) is 7.73. The predicted octanol–water partition coefficient (Wildman–Crippen LogP) is 4.14. The average Bonchev–Trinajstić information content (AvgIpc) is 3.17. The summed E-state index contributed by atoms with van der Waals surface area (Å²) < 4.78 is 12.4. The Labute approximate surface area is 146 Å². The van der Waals surface area contributed by atoms with Gasteiger partial charge in [0.1, 0.15) is 11.5 Å². The molecule has 3 rings (SSSR count). The molecule has 6 nitrogen and oxygen atoms in total. The molecule has 25 heavy (non-hydrogen) atoms. The number of rotatable bonds is 5. The highest BCUT2D eigenvalue weighted by atomic mass is 16.5. The fourth-order valence-corrected chi connectivity index (χ4v) is 2.42. The second-order valence-electron chi connectivity index (χ2n) is 5.28. The minimum atomic E-state index is -0.361. The van der Waals surface area contributed by atoms with Crippen LogP contribution in [0.4, 0.5) is 16.2 Å². The first-order valence-electron chi connectivity index (χ1n) is 7.73. The van der Waals surface area contributed by atoms with E-state index in [2.05, 4.69) is 10.6 Å². The van der Waals surface area contributed by atoms with Gasteiger partial charge in [0.25, 0.3) is 0 Å². The third-order valence-electron chi connectivity index (χ3n) is 3.68. The Morgan fingerprint density at radius 2 is 1.64 bits per heavy atom. The van der Waals surface area contributed by atoms with Crippen molar-refractivity contribution >= 4 is 17.4 Å². The fraction of sp³-hybridized carbons (Fsp3) is 0.105. The third kappa shape index (κ3) is 3.92. The first-order chi connectivity index (χ1) is 12.2. The number of amides is 2. The Morgan fingerprint density at radius 3 is 2.28 bits per heavy atom. The van der Waals surface area contributed by atoms with E-state index in [-0.39, 0.29) is 6.03 Å². The third-order valence-corrected chi connectivity index (χ3v) is 3.68. The molecule has 0 spiro atoms. The van der Waals surface area contributed by atoms with Gasteiger partial charge >= 0.3 is 6.03 Å². The molecule has 2 N–H and O–H groups in total. The molecule has 0 aliphatic heterocycles. The maximum atomic E-state index is 12.2. The molecule has 1 aromatic heterocycles. The highest BCUT2D eigenvalue weighted by molar-refractivity contribution is 6.00. The van der Waals surface area contributed by atoms with E-state index in [4.69, 9.17) is 9.47 Å². The monoisotopic (exact) mass is 337 g/mol. The van der Waals surface area contributed by atoms with Crippen LogP contribution in [0.3, 0.4) is 0 Å². The van der Waals surface area contributed by atoms with Gasteiger partial charge in [-0.15, -0.1) is 0 Å². The summed E-state index contributed by atoms with van der Waals surface area (Å²) in [7, 11) is 3.11. The number of nitrogens with one attached hydrogen (secondary N) is 2. The summed E-state index contributed by atoms with van der Waals surface area (Å²) in [4.78, 5) is 12.2. The Bertz CT molecular complexity index is 843. The molecule has 128 valence electrons. The quantitative estimate of drug-likeness (QED) is 0.735. The fourth-order valence-electron chi connectivity index (χ4n) is 2.42. The molecular weight excluding hydrogens is 318 g/mol. The Morgan fingerprint density at radius 1 is 0.920 bits per heavy atom. The summed E-state index contributed by atoms with van der Waals surface area (Å²) >= 11 is 0. The molecule has 0 saturated heterocycles. The van der Waals surface area contributed by atoms with Crippen molar-refractivity contribution in [2.75, 3.05) is 24.9 Å². The van der Waals surface area contributed by atoms with E-state index in [1.54, 1.807) is 32.4 Å². The number of benzene rings is 2. The van der Waals surface area contributed by atoms with Crippen LogP contribution in [0.2, 0.25) is 0 Å². The number of hydrogen-bond acceptors (Lipinski definition) is 3. The number of ether oxygens (including phenoxy) is 2. The topological polar surface area (TPSA) is 64.5 Å².